The van der Waals surface area contributed by atoms with Crippen molar-refractivity contribution in [1.82, 2.24) is 15.1 Å². The molecule has 1 N–H and O–H groups in total. The largest absolute Gasteiger partial charge is 0.456 e. The van der Waals surface area contributed by atoms with Crippen molar-refractivity contribution in [1.29, 1.82) is 0 Å². The molecule has 0 amide bonds. The van der Waals surface area contributed by atoms with Crippen LogP contribution in [0.1, 0.15) is 5.69 Å². The van der Waals surface area contributed by atoms with E-state index in [9.17, 15) is 0 Å². The van der Waals surface area contributed by atoms with Crippen LogP contribution in [0.5, 0.6) is 11.5 Å². The van der Waals surface area contributed by atoms with Crippen LogP contribution in [0.4, 0.5) is 0 Å². The van der Waals surface area contributed by atoms with E-state index in [0.29, 0.717) is 13.2 Å². The Morgan fingerprint density at radius 3 is 2.44 bits per heavy atom. The van der Waals surface area contributed by atoms with E-state index in [2.05, 4.69) is 27.2 Å². The zero-order chi connectivity index (χ0) is 17.2. The molecule has 128 valence electrons. The first-order valence-corrected chi connectivity index (χ1v) is 8.40. The lowest BCUT2D eigenvalue weighted by Crippen LogP contribution is -2.18. The van der Waals surface area contributed by atoms with Gasteiger partial charge in [0.25, 0.3) is 0 Å². The summed E-state index contributed by atoms with van der Waals surface area (Å²) < 4.78 is 12.0. The topological polar surface area (TPSA) is 50.4 Å². The highest BCUT2D eigenvalue weighted by molar-refractivity contribution is 5.89. The second-order valence-electron chi connectivity index (χ2n) is 6.37. The van der Waals surface area contributed by atoms with Crippen LogP contribution >= 0.6 is 0 Å². The zero-order valence-electron chi connectivity index (χ0n) is 14.5. The van der Waals surface area contributed by atoms with Crippen LogP contribution in [0.25, 0.3) is 22.4 Å². The molecule has 0 aliphatic carbocycles. The van der Waals surface area contributed by atoms with Gasteiger partial charge in [0.15, 0.2) is 0 Å². The Labute approximate surface area is 147 Å². The highest BCUT2D eigenvalue weighted by Crippen LogP contribution is 2.46. The van der Waals surface area contributed by atoms with Crippen LogP contribution in [0.3, 0.4) is 0 Å². The van der Waals surface area contributed by atoms with Gasteiger partial charge in [-0.2, -0.15) is 5.10 Å². The quantitative estimate of drug-likeness (QED) is 0.562. The first-order valence-electron chi connectivity index (χ1n) is 8.40. The molecule has 25 heavy (non-hydrogen) atoms. The number of H-pyrrole nitrogens is 1. The number of rotatable bonds is 5. The molecule has 1 aromatic heterocycles. The van der Waals surface area contributed by atoms with Crippen molar-refractivity contribution in [3.8, 4) is 33.9 Å². The summed E-state index contributed by atoms with van der Waals surface area (Å²) in [5, 5.41) is 7.73. The molecule has 0 atom stereocenters. The smallest absolute Gasteiger partial charge is 0.136 e. The Morgan fingerprint density at radius 1 is 1.00 bits per heavy atom. The maximum atomic E-state index is 6.16. The number of likely N-dealkylation sites (N-methyl/N-ethyl adjacent to an activating group) is 1. The van der Waals surface area contributed by atoms with Crippen LogP contribution in [0, 0.1) is 0 Å². The minimum Gasteiger partial charge on any atom is -0.456 e. The number of aromatic amines is 1. The van der Waals surface area contributed by atoms with Crippen LogP contribution in [-0.2, 0) is 11.3 Å². The third kappa shape index (κ3) is 3.04. The van der Waals surface area contributed by atoms with Crippen LogP contribution in [0.15, 0.2) is 48.5 Å². The Kier molecular flexibility index (Phi) is 4.26. The standard InChI is InChI=1S/C20H21N3O2/c1-23(2)11-12-24-13-16-19-14-7-3-5-9-17(14)25-18-10-6-4-8-15(18)20(19)22-21-16/h3-10H,11-13H2,1-2H3,(H,21,22). The molecule has 0 bridgehead atoms. The Balaban J connectivity index is 1.75. The molecule has 4 rings (SSSR count). The summed E-state index contributed by atoms with van der Waals surface area (Å²) in [6.45, 7) is 2.02. The van der Waals surface area contributed by atoms with Crippen LogP contribution in [0.2, 0.25) is 0 Å². The molecule has 1 aliphatic rings. The second kappa shape index (κ2) is 6.70. The number of nitrogens with zero attached hydrogens (tertiary/aromatic N) is 2. The minimum absolute atomic E-state index is 0.468. The van der Waals surface area contributed by atoms with Gasteiger partial charge in [-0.25, -0.2) is 0 Å². The van der Waals surface area contributed by atoms with E-state index in [4.69, 9.17) is 9.47 Å². The Hall–Kier alpha value is -2.63. The fourth-order valence-corrected chi connectivity index (χ4v) is 3.03. The predicted octanol–water partition coefficient (Wildman–Crippen LogP) is 3.93. The summed E-state index contributed by atoms with van der Waals surface area (Å²) in [7, 11) is 4.07. The number of fused-ring (bicyclic) bond motifs is 5. The highest BCUT2D eigenvalue weighted by Gasteiger charge is 2.25. The summed E-state index contributed by atoms with van der Waals surface area (Å²) in [6, 6.07) is 16.1. The maximum absolute atomic E-state index is 6.16. The van der Waals surface area contributed by atoms with E-state index in [1.165, 1.54) is 0 Å². The number of ether oxygens (including phenoxy) is 2. The lowest BCUT2D eigenvalue weighted by molar-refractivity contribution is 0.103. The van der Waals surface area contributed by atoms with Crippen molar-refractivity contribution in [2.75, 3.05) is 27.2 Å². The molecule has 2 aromatic carbocycles. The first-order chi connectivity index (χ1) is 12.2. The van der Waals surface area contributed by atoms with Crippen molar-refractivity contribution in [2.45, 2.75) is 6.61 Å². The average molecular weight is 335 g/mol. The van der Waals surface area contributed by atoms with Crippen molar-refractivity contribution in [2.24, 2.45) is 0 Å². The summed E-state index contributed by atoms with van der Waals surface area (Å²) >= 11 is 0. The van der Waals surface area contributed by atoms with E-state index in [-0.39, 0.29) is 0 Å². The third-order valence-electron chi connectivity index (χ3n) is 4.30. The molecule has 0 spiro atoms. The van der Waals surface area contributed by atoms with E-state index >= 15 is 0 Å². The van der Waals surface area contributed by atoms with Crippen LogP contribution in [-0.4, -0.2) is 42.3 Å². The number of nitrogens with one attached hydrogen (secondary N) is 1. The van der Waals surface area contributed by atoms with Gasteiger partial charge in [0, 0.05) is 23.2 Å². The molecule has 2 heterocycles. The Morgan fingerprint density at radius 2 is 1.68 bits per heavy atom. The first kappa shape index (κ1) is 15.9. The molecule has 5 heteroatoms. The molecule has 0 saturated heterocycles. The van der Waals surface area contributed by atoms with Gasteiger partial charge in [0.05, 0.1) is 24.6 Å². The van der Waals surface area contributed by atoms with Gasteiger partial charge >= 0.3 is 0 Å². The summed E-state index contributed by atoms with van der Waals surface area (Å²) in [4.78, 5) is 2.10. The van der Waals surface area contributed by atoms with Gasteiger partial charge in [-0.05, 0) is 32.3 Å². The molecule has 3 aromatic rings. The summed E-state index contributed by atoms with van der Waals surface area (Å²) in [6.07, 6.45) is 0. The van der Waals surface area contributed by atoms with Gasteiger partial charge in [0.1, 0.15) is 11.5 Å². The lowest BCUT2D eigenvalue weighted by atomic mass is 9.99. The van der Waals surface area contributed by atoms with Gasteiger partial charge in [-0.3, -0.25) is 5.10 Å². The van der Waals surface area contributed by atoms with Crippen molar-refractivity contribution >= 4 is 0 Å². The van der Waals surface area contributed by atoms with E-state index in [1.54, 1.807) is 0 Å². The van der Waals surface area contributed by atoms with E-state index in [0.717, 1.165) is 46.1 Å². The molecule has 0 radical (unpaired) electrons. The third-order valence-corrected chi connectivity index (χ3v) is 4.30. The molecule has 0 fully saturated rings. The SMILES string of the molecule is CN(C)CCOCc1n[nH]c2c1-c1ccccc1Oc1ccccc1-2. The van der Waals surface area contributed by atoms with Gasteiger partial charge in [-0.15, -0.1) is 0 Å². The number of para-hydroxylation sites is 2. The fourth-order valence-electron chi connectivity index (χ4n) is 3.03. The predicted molar refractivity (Wildman–Crippen MR) is 97.7 cm³/mol. The zero-order valence-corrected chi connectivity index (χ0v) is 14.5. The molecular weight excluding hydrogens is 314 g/mol. The monoisotopic (exact) mass is 335 g/mol. The normalized spacial score (nSPS) is 12.1. The van der Waals surface area contributed by atoms with Crippen LogP contribution < -0.4 is 4.74 Å². The van der Waals surface area contributed by atoms with E-state index < -0.39 is 0 Å². The number of benzene rings is 2. The van der Waals surface area contributed by atoms with Gasteiger partial charge in [0.2, 0.25) is 0 Å². The number of hydrogen-bond acceptors (Lipinski definition) is 4. The van der Waals surface area contributed by atoms with Gasteiger partial charge < -0.3 is 14.4 Å². The minimum atomic E-state index is 0.468. The second-order valence-corrected chi connectivity index (χ2v) is 6.37. The average Bonchev–Trinajstić information content (AvgIpc) is 2.97. The van der Waals surface area contributed by atoms with Crippen molar-refractivity contribution < 1.29 is 9.47 Å². The molecule has 5 nitrogen and oxygen atoms in total. The number of aromatic nitrogens is 2. The molecule has 0 unspecified atom stereocenters. The van der Waals surface area contributed by atoms with Crippen molar-refractivity contribution in [3.05, 3.63) is 54.2 Å². The molecular formula is C20H21N3O2. The molecule has 1 aliphatic heterocycles. The Bertz CT molecular complexity index is 886. The van der Waals surface area contributed by atoms with Crippen molar-refractivity contribution in [3.63, 3.8) is 0 Å². The summed E-state index contributed by atoms with van der Waals surface area (Å²) in [5.74, 6) is 1.67. The fraction of sp³-hybridized carbons (Fsp3) is 0.250. The molecule has 0 saturated carbocycles. The highest BCUT2D eigenvalue weighted by atomic mass is 16.5. The lowest BCUT2D eigenvalue weighted by Gasteiger charge is -2.10. The summed E-state index contributed by atoms with van der Waals surface area (Å²) in [5.41, 5.74) is 4.99. The van der Waals surface area contributed by atoms with E-state index in [1.807, 2.05) is 50.5 Å². The van der Waals surface area contributed by atoms with Gasteiger partial charge in [-0.1, -0.05) is 30.3 Å². The maximum Gasteiger partial charge on any atom is 0.136 e. The number of hydrogen-bond donors (Lipinski definition) is 1.